The predicted octanol–water partition coefficient (Wildman–Crippen LogP) is 2.60. The molecule has 1 aromatic carbocycles. The molecule has 4 nitrogen and oxygen atoms in total. The summed E-state index contributed by atoms with van der Waals surface area (Å²) in [6.45, 7) is 3.45. The molecule has 0 heterocycles. The smallest absolute Gasteiger partial charge is 0.304 e. The van der Waals surface area contributed by atoms with Crippen LogP contribution in [0.5, 0.6) is 11.5 Å². The van der Waals surface area contributed by atoms with Gasteiger partial charge < -0.3 is 14.6 Å². The van der Waals surface area contributed by atoms with Crippen LogP contribution in [0.25, 0.3) is 0 Å². The zero-order chi connectivity index (χ0) is 13.9. The van der Waals surface area contributed by atoms with E-state index >= 15 is 0 Å². The van der Waals surface area contributed by atoms with E-state index < -0.39 is 17.2 Å². The minimum absolute atomic E-state index is 0.0283. The minimum atomic E-state index is -0.946. The van der Waals surface area contributed by atoms with Crippen LogP contribution < -0.4 is 9.47 Å². The van der Waals surface area contributed by atoms with Crippen LogP contribution in [0.1, 0.15) is 25.8 Å². The van der Waals surface area contributed by atoms with Crippen molar-refractivity contribution in [2.75, 3.05) is 14.2 Å². The van der Waals surface area contributed by atoms with E-state index in [1.165, 1.54) is 20.3 Å². The second-order valence-corrected chi connectivity index (χ2v) is 4.62. The molecule has 0 radical (unpaired) electrons. The van der Waals surface area contributed by atoms with E-state index in [2.05, 4.69) is 0 Å². The quantitative estimate of drug-likeness (QED) is 0.879. The van der Waals surface area contributed by atoms with Crippen LogP contribution in [0.15, 0.2) is 12.1 Å². The molecule has 0 aromatic heterocycles. The summed E-state index contributed by atoms with van der Waals surface area (Å²) in [5, 5.41) is 8.88. The van der Waals surface area contributed by atoms with Crippen LogP contribution in [0, 0.1) is 5.82 Å². The molecule has 0 fully saturated rings. The highest BCUT2D eigenvalue weighted by Crippen LogP contribution is 2.39. The molecule has 0 spiro atoms. The average Bonchev–Trinajstić information content (AvgIpc) is 2.26. The standard InChI is InChI=1S/C13H17FO4/c1-13(2,7-10(15)16)8-5-6-9(17-3)11(14)12(8)18-4/h5-6H,7H2,1-4H3,(H,15,16). The molecular formula is C13H17FO4. The number of benzene rings is 1. The fourth-order valence-corrected chi connectivity index (χ4v) is 1.90. The molecule has 18 heavy (non-hydrogen) atoms. The summed E-state index contributed by atoms with van der Waals surface area (Å²) >= 11 is 0. The Hall–Kier alpha value is -1.78. The van der Waals surface area contributed by atoms with Gasteiger partial charge in [-0.05, 0) is 6.07 Å². The van der Waals surface area contributed by atoms with Gasteiger partial charge in [0.1, 0.15) is 0 Å². The summed E-state index contributed by atoms with van der Waals surface area (Å²) < 4.78 is 23.9. The maximum Gasteiger partial charge on any atom is 0.304 e. The fraction of sp³-hybridized carbons (Fsp3) is 0.462. The van der Waals surface area contributed by atoms with E-state index in [1.54, 1.807) is 19.9 Å². The molecule has 0 saturated carbocycles. The molecule has 1 aromatic rings. The van der Waals surface area contributed by atoms with Crippen molar-refractivity contribution in [3.63, 3.8) is 0 Å². The highest BCUT2D eigenvalue weighted by molar-refractivity contribution is 5.69. The summed E-state index contributed by atoms with van der Waals surface area (Å²) in [5.41, 5.74) is -0.227. The highest BCUT2D eigenvalue weighted by Gasteiger charge is 2.30. The van der Waals surface area contributed by atoms with Crippen LogP contribution >= 0.6 is 0 Å². The van der Waals surface area contributed by atoms with Crippen LogP contribution in [0.4, 0.5) is 4.39 Å². The second-order valence-electron chi connectivity index (χ2n) is 4.62. The first-order valence-corrected chi connectivity index (χ1v) is 5.46. The summed E-state index contributed by atoms with van der Waals surface area (Å²) in [5.74, 6) is -1.46. The maximum absolute atomic E-state index is 14.0. The molecule has 0 amide bonds. The molecule has 0 atom stereocenters. The fourth-order valence-electron chi connectivity index (χ4n) is 1.90. The molecular weight excluding hydrogens is 239 g/mol. The molecule has 0 aliphatic carbocycles. The first-order valence-electron chi connectivity index (χ1n) is 5.46. The Morgan fingerprint density at radius 1 is 1.33 bits per heavy atom. The topological polar surface area (TPSA) is 55.8 Å². The summed E-state index contributed by atoms with van der Waals surface area (Å²) in [4.78, 5) is 10.8. The summed E-state index contributed by atoms with van der Waals surface area (Å²) in [7, 11) is 2.71. The number of carboxylic acid groups (broad SMARTS) is 1. The van der Waals surface area contributed by atoms with Crippen molar-refractivity contribution >= 4 is 5.97 Å². The maximum atomic E-state index is 14.0. The van der Waals surface area contributed by atoms with Gasteiger partial charge in [0.15, 0.2) is 11.5 Å². The van der Waals surface area contributed by atoms with Crippen LogP contribution in [-0.4, -0.2) is 25.3 Å². The lowest BCUT2D eigenvalue weighted by Gasteiger charge is -2.26. The Balaban J connectivity index is 3.32. The van der Waals surface area contributed by atoms with Crippen molar-refractivity contribution in [1.29, 1.82) is 0 Å². The van der Waals surface area contributed by atoms with Crippen molar-refractivity contribution < 1.29 is 23.8 Å². The largest absolute Gasteiger partial charge is 0.494 e. The minimum Gasteiger partial charge on any atom is -0.494 e. The van der Waals surface area contributed by atoms with Gasteiger partial charge in [-0.3, -0.25) is 4.79 Å². The van der Waals surface area contributed by atoms with Gasteiger partial charge in [-0.2, -0.15) is 4.39 Å². The molecule has 5 heteroatoms. The molecule has 0 aliphatic rings. The van der Waals surface area contributed by atoms with E-state index in [4.69, 9.17) is 14.6 Å². The van der Waals surface area contributed by atoms with Crippen molar-refractivity contribution in [2.24, 2.45) is 0 Å². The first kappa shape index (κ1) is 14.3. The van der Waals surface area contributed by atoms with E-state index in [0.717, 1.165) is 0 Å². The zero-order valence-electron chi connectivity index (χ0n) is 10.9. The van der Waals surface area contributed by atoms with Gasteiger partial charge in [0.25, 0.3) is 0 Å². The SMILES string of the molecule is COc1ccc(C(C)(C)CC(=O)O)c(OC)c1F. The number of halogens is 1. The summed E-state index contributed by atoms with van der Waals surface area (Å²) in [6.07, 6.45) is -0.116. The Morgan fingerprint density at radius 3 is 2.39 bits per heavy atom. The number of hydrogen-bond acceptors (Lipinski definition) is 3. The number of rotatable bonds is 5. The molecule has 1 rings (SSSR count). The molecule has 100 valence electrons. The van der Waals surface area contributed by atoms with Crippen molar-refractivity contribution in [1.82, 2.24) is 0 Å². The Morgan fingerprint density at radius 2 is 1.94 bits per heavy atom. The van der Waals surface area contributed by atoms with E-state index in [9.17, 15) is 9.18 Å². The highest BCUT2D eigenvalue weighted by atomic mass is 19.1. The van der Waals surface area contributed by atoms with E-state index in [-0.39, 0.29) is 17.9 Å². The van der Waals surface area contributed by atoms with Crippen LogP contribution in [0.2, 0.25) is 0 Å². The predicted molar refractivity (Wildman–Crippen MR) is 64.8 cm³/mol. The Labute approximate surface area is 105 Å². The van der Waals surface area contributed by atoms with Crippen molar-refractivity contribution in [3.8, 4) is 11.5 Å². The Kier molecular flexibility index (Phi) is 4.16. The molecule has 0 saturated heterocycles. The van der Waals surface area contributed by atoms with Gasteiger partial charge in [0, 0.05) is 11.0 Å². The third kappa shape index (κ3) is 2.72. The number of carboxylic acids is 1. The van der Waals surface area contributed by atoms with Gasteiger partial charge in [0.2, 0.25) is 5.82 Å². The lowest BCUT2D eigenvalue weighted by atomic mass is 9.81. The Bertz CT molecular complexity index is 455. The summed E-state index contributed by atoms with van der Waals surface area (Å²) in [6, 6.07) is 3.10. The number of ether oxygens (including phenoxy) is 2. The number of aliphatic carboxylic acids is 1. The zero-order valence-corrected chi connectivity index (χ0v) is 10.9. The third-order valence-electron chi connectivity index (χ3n) is 2.81. The number of methoxy groups -OCH3 is 2. The van der Waals surface area contributed by atoms with Crippen LogP contribution in [0.3, 0.4) is 0 Å². The van der Waals surface area contributed by atoms with Crippen molar-refractivity contribution in [3.05, 3.63) is 23.5 Å². The van der Waals surface area contributed by atoms with Gasteiger partial charge in [0.05, 0.1) is 20.6 Å². The lowest BCUT2D eigenvalue weighted by molar-refractivity contribution is -0.138. The molecule has 0 aliphatic heterocycles. The molecule has 0 bridgehead atoms. The van der Waals surface area contributed by atoms with Gasteiger partial charge in [-0.1, -0.05) is 19.9 Å². The van der Waals surface area contributed by atoms with Gasteiger partial charge in [-0.25, -0.2) is 0 Å². The normalized spacial score (nSPS) is 11.2. The van der Waals surface area contributed by atoms with Crippen molar-refractivity contribution in [2.45, 2.75) is 25.7 Å². The van der Waals surface area contributed by atoms with E-state index in [1.807, 2.05) is 0 Å². The number of carbonyl (C=O) groups is 1. The lowest BCUT2D eigenvalue weighted by Crippen LogP contribution is -2.23. The van der Waals surface area contributed by atoms with Crippen LogP contribution in [-0.2, 0) is 10.2 Å². The molecule has 0 unspecified atom stereocenters. The second kappa shape index (κ2) is 5.25. The number of hydrogen-bond donors (Lipinski definition) is 1. The monoisotopic (exact) mass is 256 g/mol. The van der Waals surface area contributed by atoms with Gasteiger partial charge in [-0.15, -0.1) is 0 Å². The molecule has 1 N–H and O–H groups in total. The third-order valence-corrected chi connectivity index (χ3v) is 2.81. The average molecular weight is 256 g/mol. The van der Waals surface area contributed by atoms with E-state index in [0.29, 0.717) is 5.56 Å². The first-order chi connectivity index (χ1) is 8.33. The van der Waals surface area contributed by atoms with Gasteiger partial charge >= 0.3 is 5.97 Å².